The molecule has 1 heterocycles. The molecule has 0 saturated carbocycles. The van der Waals surface area contributed by atoms with Crippen LogP contribution in [0.15, 0.2) is 48.5 Å². The third-order valence-electron chi connectivity index (χ3n) is 4.93. The quantitative estimate of drug-likeness (QED) is 0.803. The van der Waals surface area contributed by atoms with Crippen molar-refractivity contribution in [2.24, 2.45) is 0 Å². The van der Waals surface area contributed by atoms with Crippen LogP contribution < -0.4 is 10.1 Å². The summed E-state index contributed by atoms with van der Waals surface area (Å²) in [5, 5.41) is 3.40. The van der Waals surface area contributed by atoms with Crippen LogP contribution in [0.4, 0.5) is 13.2 Å². The minimum absolute atomic E-state index is 0.0747. The second kappa shape index (κ2) is 8.76. The van der Waals surface area contributed by atoms with Crippen molar-refractivity contribution in [3.8, 4) is 5.75 Å². The zero-order chi connectivity index (χ0) is 19.3. The molecule has 0 atom stereocenters. The highest BCUT2D eigenvalue weighted by Gasteiger charge is 2.35. The number of hydrogen-bond donors (Lipinski definition) is 1. The van der Waals surface area contributed by atoms with Gasteiger partial charge in [-0.25, -0.2) is 0 Å². The number of para-hydroxylation sites is 1. The first-order valence-electron chi connectivity index (χ1n) is 9.21. The normalized spacial score (nSPS) is 16.4. The summed E-state index contributed by atoms with van der Waals surface area (Å²) in [6.07, 6.45) is -2.46. The first-order chi connectivity index (χ1) is 12.9. The maximum Gasteiger partial charge on any atom is 0.419 e. The van der Waals surface area contributed by atoms with Gasteiger partial charge in [-0.1, -0.05) is 42.5 Å². The Kier molecular flexibility index (Phi) is 6.39. The van der Waals surface area contributed by atoms with E-state index in [-0.39, 0.29) is 12.4 Å². The van der Waals surface area contributed by atoms with E-state index in [0.717, 1.165) is 37.6 Å². The fraction of sp³-hybridized carbons (Fsp3) is 0.429. The van der Waals surface area contributed by atoms with Crippen LogP contribution in [0.3, 0.4) is 0 Å². The molecule has 1 saturated heterocycles. The van der Waals surface area contributed by atoms with E-state index in [9.17, 15) is 13.2 Å². The molecule has 6 heteroatoms. The van der Waals surface area contributed by atoms with E-state index < -0.39 is 11.7 Å². The summed E-state index contributed by atoms with van der Waals surface area (Å²) in [6.45, 7) is 2.47. The van der Waals surface area contributed by atoms with Gasteiger partial charge in [0.05, 0.1) is 5.56 Å². The maximum atomic E-state index is 13.5. The van der Waals surface area contributed by atoms with Crippen molar-refractivity contribution in [1.82, 2.24) is 10.2 Å². The van der Waals surface area contributed by atoms with Crippen LogP contribution in [0.5, 0.6) is 5.75 Å². The molecule has 0 bridgehead atoms. The van der Waals surface area contributed by atoms with Gasteiger partial charge in [-0.15, -0.1) is 0 Å². The van der Waals surface area contributed by atoms with Crippen molar-refractivity contribution >= 4 is 0 Å². The van der Waals surface area contributed by atoms with Crippen molar-refractivity contribution in [2.75, 3.05) is 20.1 Å². The zero-order valence-electron chi connectivity index (χ0n) is 15.4. The molecule has 0 radical (unpaired) electrons. The van der Waals surface area contributed by atoms with Crippen LogP contribution in [0.2, 0.25) is 0 Å². The van der Waals surface area contributed by atoms with Crippen LogP contribution >= 0.6 is 0 Å². The van der Waals surface area contributed by atoms with Crippen molar-refractivity contribution in [1.29, 1.82) is 0 Å². The van der Waals surface area contributed by atoms with Gasteiger partial charge in [0, 0.05) is 18.2 Å². The van der Waals surface area contributed by atoms with Crippen LogP contribution in [-0.2, 0) is 19.3 Å². The number of ether oxygens (including phenoxy) is 1. The highest BCUT2D eigenvalue weighted by Crippen LogP contribution is 2.38. The number of nitrogens with one attached hydrogen (secondary N) is 1. The van der Waals surface area contributed by atoms with Gasteiger partial charge in [0.25, 0.3) is 0 Å². The van der Waals surface area contributed by atoms with E-state index in [1.54, 1.807) is 6.07 Å². The van der Waals surface area contributed by atoms with Gasteiger partial charge in [0.2, 0.25) is 0 Å². The number of piperidine rings is 1. The topological polar surface area (TPSA) is 24.5 Å². The van der Waals surface area contributed by atoms with E-state index in [1.807, 2.05) is 30.3 Å². The summed E-state index contributed by atoms with van der Waals surface area (Å²) < 4.78 is 46.1. The van der Waals surface area contributed by atoms with E-state index in [1.165, 1.54) is 6.07 Å². The molecule has 1 aliphatic heterocycles. The molecule has 2 aromatic rings. The SMILES string of the molecule is CN1CCC(NCc2cccc(C(F)(F)F)c2OCc2ccccc2)CC1. The zero-order valence-corrected chi connectivity index (χ0v) is 15.4. The van der Waals surface area contributed by atoms with Crippen molar-refractivity contribution < 1.29 is 17.9 Å². The smallest absolute Gasteiger partial charge is 0.419 e. The Morgan fingerprint density at radius 1 is 1.04 bits per heavy atom. The van der Waals surface area contributed by atoms with Crippen LogP contribution in [0.25, 0.3) is 0 Å². The largest absolute Gasteiger partial charge is 0.488 e. The lowest BCUT2D eigenvalue weighted by Gasteiger charge is -2.30. The van der Waals surface area contributed by atoms with Gasteiger partial charge in [-0.2, -0.15) is 13.2 Å². The van der Waals surface area contributed by atoms with Gasteiger partial charge < -0.3 is 15.0 Å². The average Bonchev–Trinajstić information content (AvgIpc) is 2.66. The van der Waals surface area contributed by atoms with Crippen molar-refractivity contribution in [2.45, 2.75) is 38.2 Å². The monoisotopic (exact) mass is 378 g/mol. The van der Waals surface area contributed by atoms with Crippen LogP contribution in [0, 0.1) is 0 Å². The van der Waals surface area contributed by atoms with Gasteiger partial charge >= 0.3 is 6.18 Å². The number of alkyl halides is 3. The summed E-state index contributed by atoms with van der Waals surface area (Å²) in [7, 11) is 2.08. The maximum absolute atomic E-state index is 13.5. The van der Waals surface area contributed by atoms with Crippen LogP contribution in [-0.4, -0.2) is 31.1 Å². The number of likely N-dealkylation sites (tertiary alicyclic amines) is 1. The van der Waals surface area contributed by atoms with Gasteiger partial charge in [-0.3, -0.25) is 0 Å². The molecular formula is C21H25F3N2O. The molecule has 0 spiro atoms. The number of halogens is 3. The van der Waals surface area contributed by atoms with Crippen molar-refractivity contribution in [3.63, 3.8) is 0 Å². The summed E-state index contributed by atoms with van der Waals surface area (Å²) >= 11 is 0. The second-order valence-electron chi connectivity index (χ2n) is 7.02. The highest BCUT2D eigenvalue weighted by molar-refractivity contribution is 5.43. The molecule has 1 N–H and O–H groups in total. The van der Waals surface area contributed by atoms with Crippen molar-refractivity contribution in [3.05, 3.63) is 65.2 Å². The van der Waals surface area contributed by atoms with E-state index >= 15 is 0 Å². The molecule has 0 aliphatic carbocycles. The number of nitrogens with zero attached hydrogens (tertiary/aromatic N) is 1. The van der Waals surface area contributed by atoms with Gasteiger partial charge in [0.1, 0.15) is 12.4 Å². The minimum Gasteiger partial charge on any atom is -0.488 e. The third-order valence-corrected chi connectivity index (χ3v) is 4.93. The summed E-state index contributed by atoms with van der Waals surface area (Å²) in [5.41, 5.74) is 0.657. The average molecular weight is 378 g/mol. The third kappa shape index (κ3) is 5.47. The summed E-state index contributed by atoms with van der Waals surface area (Å²) in [4.78, 5) is 2.26. The lowest BCUT2D eigenvalue weighted by molar-refractivity contribution is -0.139. The Hall–Kier alpha value is -2.05. The van der Waals surface area contributed by atoms with E-state index in [0.29, 0.717) is 18.2 Å². The van der Waals surface area contributed by atoms with Gasteiger partial charge in [-0.05, 0) is 44.6 Å². The molecule has 2 aromatic carbocycles. The Morgan fingerprint density at radius 3 is 2.41 bits per heavy atom. The minimum atomic E-state index is -4.45. The fourth-order valence-electron chi connectivity index (χ4n) is 3.31. The molecular weight excluding hydrogens is 353 g/mol. The summed E-state index contributed by atoms with van der Waals surface area (Å²) in [5.74, 6) is -0.0747. The molecule has 27 heavy (non-hydrogen) atoms. The first kappa shape index (κ1) is 19.7. The molecule has 0 unspecified atom stereocenters. The predicted octanol–water partition coefficient (Wildman–Crippen LogP) is 4.47. The fourth-order valence-corrected chi connectivity index (χ4v) is 3.31. The molecule has 3 rings (SSSR count). The first-order valence-corrected chi connectivity index (χ1v) is 9.21. The van der Waals surface area contributed by atoms with Gasteiger partial charge in [0.15, 0.2) is 0 Å². The molecule has 1 aliphatic rings. The molecule has 0 amide bonds. The molecule has 3 nitrogen and oxygen atoms in total. The van der Waals surface area contributed by atoms with E-state index in [4.69, 9.17) is 4.74 Å². The lowest BCUT2D eigenvalue weighted by Crippen LogP contribution is -2.40. The molecule has 146 valence electrons. The van der Waals surface area contributed by atoms with Crippen LogP contribution in [0.1, 0.15) is 29.5 Å². The molecule has 1 fully saturated rings. The standard InChI is InChI=1S/C21H25F3N2O/c1-26-12-10-18(11-13-26)25-14-17-8-5-9-19(21(22,23)24)20(17)27-15-16-6-3-2-4-7-16/h2-9,18,25H,10-15H2,1H3. The Bertz CT molecular complexity index is 726. The number of hydrogen-bond acceptors (Lipinski definition) is 3. The predicted molar refractivity (Wildman–Crippen MR) is 99.6 cm³/mol. The van der Waals surface area contributed by atoms with E-state index in [2.05, 4.69) is 17.3 Å². The summed E-state index contributed by atoms with van der Waals surface area (Å²) in [6, 6.07) is 13.8. The Morgan fingerprint density at radius 2 is 1.74 bits per heavy atom. The lowest BCUT2D eigenvalue weighted by atomic mass is 10.0. The number of benzene rings is 2. The number of rotatable bonds is 6. The Labute approximate surface area is 158 Å². The highest BCUT2D eigenvalue weighted by atomic mass is 19.4. The Balaban J connectivity index is 1.75. The molecule has 0 aromatic heterocycles. The second-order valence-corrected chi connectivity index (χ2v) is 7.02.